The molecule has 0 aliphatic rings. The Morgan fingerprint density at radius 2 is 1.86 bits per heavy atom. The van der Waals surface area contributed by atoms with Crippen LogP contribution < -0.4 is 20.9 Å². The van der Waals surface area contributed by atoms with Crippen molar-refractivity contribution in [2.24, 2.45) is 0 Å². The Bertz CT molecular complexity index is 520. The molecule has 0 aliphatic carbocycles. The van der Waals surface area contributed by atoms with Gasteiger partial charge in [-0.15, -0.1) is 0 Å². The van der Waals surface area contributed by atoms with Crippen LogP contribution in [0.1, 0.15) is 27.7 Å². The topological polar surface area (TPSA) is 86.4 Å². The van der Waals surface area contributed by atoms with E-state index in [1.165, 1.54) is 0 Å². The molecule has 0 unspecified atom stereocenters. The van der Waals surface area contributed by atoms with E-state index < -0.39 is 12.1 Å². The lowest BCUT2D eigenvalue weighted by Gasteiger charge is -2.23. The molecule has 122 valence electrons. The second kappa shape index (κ2) is 7.11. The molecule has 7 heteroatoms. The van der Waals surface area contributed by atoms with Crippen LogP contribution in [0.25, 0.3) is 0 Å². The highest BCUT2D eigenvalue weighted by atomic mass is 16.2. The molecule has 1 rings (SSSR count). The third-order valence-electron chi connectivity index (χ3n) is 2.70. The summed E-state index contributed by atoms with van der Waals surface area (Å²) in [7, 11) is 3.77. The second-order valence-electron chi connectivity index (χ2n) is 6.36. The molecular formula is C15H25N5O2. The number of anilines is 2. The van der Waals surface area contributed by atoms with Crippen molar-refractivity contribution in [3.8, 4) is 0 Å². The normalized spacial score (nSPS) is 12.3. The van der Waals surface area contributed by atoms with Crippen LogP contribution in [0.3, 0.4) is 0 Å². The Morgan fingerprint density at radius 3 is 2.32 bits per heavy atom. The zero-order chi connectivity index (χ0) is 16.9. The summed E-state index contributed by atoms with van der Waals surface area (Å²) in [6.07, 6.45) is 1.56. The summed E-state index contributed by atoms with van der Waals surface area (Å²) in [5.74, 6) is 0.563. The molecule has 0 spiro atoms. The van der Waals surface area contributed by atoms with Gasteiger partial charge in [0.1, 0.15) is 11.9 Å². The van der Waals surface area contributed by atoms with Crippen molar-refractivity contribution in [3.63, 3.8) is 0 Å². The molecule has 0 saturated carbocycles. The Morgan fingerprint density at radius 1 is 1.23 bits per heavy atom. The average molecular weight is 307 g/mol. The van der Waals surface area contributed by atoms with Gasteiger partial charge >= 0.3 is 6.03 Å². The molecule has 0 aliphatic heterocycles. The van der Waals surface area contributed by atoms with Crippen LogP contribution in [0.5, 0.6) is 0 Å². The van der Waals surface area contributed by atoms with Crippen molar-refractivity contribution in [1.82, 2.24) is 15.6 Å². The first kappa shape index (κ1) is 17.7. The maximum atomic E-state index is 11.9. The molecule has 1 aromatic heterocycles. The van der Waals surface area contributed by atoms with E-state index in [0.717, 1.165) is 5.82 Å². The summed E-state index contributed by atoms with van der Waals surface area (Å²) in [5, 5.41) is 8.04. The number of nitrogens with zero attached hydrogens (tertiary/aromatic N) is 2. The molecule has 0 fully saturated rings. The van der Waals surface area contributed by atoms with E-state index in [1.807, 2.05) is 39.8 Å². The quantitative estimate of drug-likeness (QED) is 0.788. The van der Waals surface area contributed by atoms with Crippen molar-refractivity contribution in [2.75, 3.05) is 24.3 Å². The number of carbonyl (C=O) groups excluding carboxylic acids is 2. The molecule has 1 atom stereocenters. The van der Waals surface area contributed by atoms with Crippen LogP contribution in [0, 0.1) is 0 Å². The predicted molar refractivity (Wildman–Crippen MR) is 88.1 cm³/mol. The summed E-state index contributed by atoms with van der Waals surface area (Å²) >= 11 is 0. The second-order valence-corrected chi connectivity index (χ2v) is 6.36. The molecule has 1 heterocycles. The van der Waals surface area contributed by atoms with Gasteiger partial charge in [-0.25, -0.2) is 9.78 Å². The summed E-state index contributed by atoms with van der Waals surface area (Å²) < 4.78 is 0. The largest absolute Gasteiger partial charge is 0.363 e. The molecular weight excluding hydrogens is 282 g/mol. The number of aromatic nitrogens is 1. The maximum absolute atomic E-state index is 11.9. The smallest absolute Gasteiger partial charge is 0.319 e. The number of nitrogens with one attached hydrogen (secondary N) is 3. The van der Waals surface area contributed by atoms with Crippen molar-refractivity contribution >= 4 is 23.4 Å². The number of urea groups is 1. The highest BCUT2D eigenvalue weighted by Crippen LogP contribution is 2.11. The number of pyridine rings is 1. The van der Waals surface area contributed by atoms with Gasteiger partial charge in [-0.1, -0.05) is 0 Å². The molecule has 7 nitrogen and oxygen atoms in total. The SMILES string of the molecule is C[C@H](NC(=O)Nc1ccc(N(C)C)nc1)C(=O)NC(C)(C)C. The van der Waals surface area contributed by atoms with Crippen LogP contribution in [-0.2, 0) is 4.79 Å². The lowest BCUT2D eigenvalue weighted by molar-refractivity contribution is -0.123. The van der Waals surface area contributed by atoms with E-state index in [1.54, 1.807) is 25.3 Å². The molecule has 3 amide bonds. The third kappa shape index (κ3) is 5.99. The molecule has 0 saturated heterocycles. The van der Waals surface area contributed by atoms with Gasteiger partial charge in [0, 0.05) is 19.6 Å². The zero-order valence-corrected chi connectivity index (χ0v) is 14.0. The van der Waals surface area contributed by atoms with Crippen molar-refractivity contribution in [2.45, 2.75) is 39.3 Å². The van der Waals surface area contributed by atoms with E-state index in [0.29, 0.717) is 5.69 Å². The predicted octanol–water partition coefficient (Wildman–Crippen LogP) is 1.57. The molecule has 0 bridgehead atoms. The van der Waals surface area contributed by atoms with Crippen LogP contribution in [-0.4, -0.2) is 42.6 Å². The first-order valence-corrected chi connectivity index (χ1v) is 7.11. The van der Waals surface area contributed by atoms with Gasteiger partial charge in [-0.05, 0) is 39.8 Å². The van der Waals surface area contributed by atoms with Gasteiger partial charge in [0.05, 0.1) is 11.9 Å². The number of hydrogen-bond acceptors (Lipinski definition) is 4. The van der Waals surface area contributed by atoms with Crippen molar-refractivity contribution in [1.29, 1.82) is 0 Å². The number of hydrogen-bond donors (Lipinski definition) is 3. The fourth-order valence-electron chi connectivity index (χ4n) is 1.63. The van der Waals surface area contributed by atoms with E-state index in [-0.39, 0.29) is 11.4 Å². The standard InChI is InChI=1S/C15H25N5O2/c1-10(13(21)19-15(2,3)4)17-14(22)18-11-7-8-12(16-9-11)20(5)6/h7-10H,1-6H3,(H,19,21)(H2,17,18,22)/t10-/m0/s1. The number of rotatable bonds is 4. The molecule has 1 aromatic rings. The minimum Gasteiger partial charge on any atom is -0.363 e. The fourth-order valence-corrected chi connectivity index (χ4v) is 1.63. The lowest BCUT2D eigenvalue weighted by Crippen LogP contribution is -2.51. The lowest BCUT2D eigenvalue weighted by atomic mass is 10.1. The maximum Gasteiger partial charge on any atom is 0.319 e. The first-order chi connectivity index (χ1) is 10.1. The monoisotopic (exact) mass is 307 g/mol. The van der Waals surface area contributed by atoms with E-state index in [9.17, 15) is 9.59 Å². The van der Waals surface area contributed by atoms with Gasteiger partial charge in [0.25, 0.3) is 0 Å². The Labute approximate surface area is 131 Å². The number of carbonyl (C=O) groups is 2. The van der Waals surface area contributed by atoms with E-state index in [4.69, 9.17) is 0 Å². The van der Waals surface area contributed by atoms with Gasteiger partial charge in [-0.3, -0.25) is 4.79 Å². The highest BCUT2D eigenvalue weighted by molar-refractivity contribution is 5.93. The molecule has 0 radical (unpaired) electrons. The Balaban J connectivity index is 2.53. The van der Waals surface area contributed by atoms with E-state index in [2.05, 4.69) is 20.9 Å². The minimum absolute atomic E-state index is 0.233. The zero-order valence-electron chi connectivity index (χ0n) is 14.0. The summed E-state index contributed by atoms with van der Waals surface area (Å²) in [6, 6.07) is 2.47. The third-order valence-corrected chi connectivity index (χ3v) is 2.70. The Hall–Kier alpha value is -2.31. The minimum atomic E-state index is -0.631. The highest BCUT2D eigenvalue weighted by Gasteiger charge is 2.20. The molecule has 3 N–H and O–H groups in total. The van der Waals surface area contributed by atoms with Crippen LogP contribution in [0.4, 0.5) is 16.3 Å². The van der Waals surface area contributed by atoms with Crippen LogP contribution >= 0.6 is 0 Å². The van der Waals surface area contributed by atoms with Gasteiger partial charge in [-0.2, -0.15) is 0 Å². The Kier molecular flexibility index (Phi) is 5.73. The van der Waals surface area contributed by atoms with Gasteiger partial charge in [0.15, 0.2) is 0 Å². The van der Waals surface area contributed by atoms with Crippen LogP contribution in [0.2, 0.25) is 0 Å². The summed E-state index contributed by atoms with van der Waals surface area (Å²) in [5.41, 5.74) is 0.224. The summed E-state index contributed by atoms with van der Waals surface area (Å²) in [4.78, 5) is 29.8. The average Bonchev–Trinajstić information content (AvgIpc) is 2.37. The first-order valence-electron chi connectivity index (χ1n) is 7.11. The van der Waals surface area contributed by atoms with Gasteiger partial charge in [0.2, 0.25) is 5.91 Å². The molecule has 22 heavy (non-hydrogen) atoms. The van der Waals surface area contributed by atoms with Crippen LogP contribution in [0.15, 0.2) is 18.3 Å². The van der Waals surface area contributed by atoms with Crippen molar-refractivity contribution in [3.05, 3.63) is 18.3 Å². The summed E-state index contributed by atoms with van der Waals surface area (Å²) in [6.45, 7) is 7.29. The number of amides is 3. The molecule has 0 aromatic carbocycles. The fraction of sp³-hybridized carbons (Fsp3) is 0.533. The van der Waals surface area contributed by atoms with Gasteiger partial charge < -0.3 is 20.9 Å². The van der Waals surface area contributed by atoms with Crippen molar-refractivity contribution < 1.29 is 9.59 Å². The van der Waals surface area contributed by atoms with E-state index >= 15 is 0 Å².